The van der Waals surface area contributed by atoms with Crippen LogP contribution in [0.1, 0.15) is 42.4 Å². The van der Waals surface area contributed by atoms with E-state index in [0.717, 1.165) is 53.9 Å². The molecule has 1 saturated carbocycles. The second-order valence-corrected chi connectivity index (χ2v) is 15.2. The Morgan fingerprint density at radius 3 is 2.37 bits per heavy atom. The third-order valence-electron chi connectivity index (χ3n) is 8.83. The van der Waals surface area contributed by atoms with Gasteiger partial charge in [0.2, 0.25) is 11.8 Å². The molecule has 0 spiro atoms. The summed E-state index contributed by atoms with van der Waals surface area (Å²) in [5.41, 5.74) is 2.87. The Kier molecular flexibility index (Phi) is 8.54. The van der Waals surface area contributed by atoms with Gasteiger partial charge in [0, 0.05) is 17.7 Å². The van der Waals surface area contributed by atoms with Gasteiger partial charge in [-0.05, 0) is 86.0 Å². The molecule has 3 fully saturated rings. The van der Waals surface area contributed by atoms with E-state index >= 15 is 0 Å². The van der Waals surface area contributed by atoms with Crippen LogP contribution in [0.25, 0.3) is 16.3 Å². The van der Waals surface area contributed by atoms with E-state index in [1.54, 1.807) is 50.2 Å². The van der Waals surface area contributed by atoms with Crippen LogP contribution < -0.4 is 10.2 Å². The Balaban J connectivity index is 1.11. The smallest absolute Gasteiger partial charge is 0.283 e. The molecule has 13 nitrogen and oxygen atoms in total. The predicted octanol–water partition coefficient (Wildman–Crippen LogP) is 7.45. The fourth-order valence-electron chi connectivity index (χ4n) is 6.26. The van der Waals surface area contributed by atoms with Crippen molar-refractivity contribution in [2.45, 2.75) is 48.8 Å². The summed E-state index contributed by atoms with van der Waals surface area (Å²) < 4.78 is 1.30. The molecule has 3 aliphatic rings. The molecule has 2 aliphatic heterocycles. The highest BCUT2D eigenvalue weighted by Crippen LogP contribution is 2.43. The summed E-state index contributed by atoms with van der Waals surface area (Å²) in [5.74, 6) is -1.26. The second kappa shape index (κ2) is 12.8. The van der Waals surface area contributed by atoms with Gasteiger partial charge in [-0.3, -0.25) is 39.5 Å². The second-order valence-electron chi connectivity index (χ2n) is 11.9. The Labute approximate surface area is 291 Å². The maximum Gasteiger partial charge on any atom is 0.283 e. The summed E-state index contributed by atoms with van der Waals surface area (Å²) in [5, 5.41) is 26.4. The number of amidine groups is 1. The van der Waals surface area contributed by atoms with Crippen LogP contribution in [0, 0.1) is 45.9 Å². The normalized spacial score (nSPS) is 20.8. The Morgan fingerprint density at radius 1 is 0.959 bits per heavy atom. The number of nitro benzene ring substituents is 2. The lowest BCUT2D eigenvalue weighted by Crippen LogP contribution is -2.30. The number of nitro groups is 2. The highest BCUT2D eigenvalue weighted by Gasteiger charge is 2.48. The van der Waals surface area contributed by atoms with E-state index in [1.165, 1.54) is 34.4 Å². The molecule has 3 amide bonds. The van der Waals surface area contributed by atoms with Crippen molar-refractivity contribution in [1.29, 1.82) is 0 Å². The lowest BCUT2D eigenvalue weighted by atomic mass is 9.81. The van der Waals surface area contributed by atoms with Crippen molar-refractivity contribution in [3.63, 3.8) is 0 Å². The SMILES string of the molecule is Cc1cc(N=C2NC(=O)/C(=C/c3ccc(Sc4nc5ccc(N6C(=O)[C@@H]7CCCC[C@H]7C6=O)cc5s4)c([N+](=O)[O-])c3)S2)cc([N+](=O)[O-])c1C. The van der Waals surface area contributed by atoms with Crippen molar-refractivity contribution < 1.29 is 24.2 Å². The molecule has 4 aromatic rings. The number of nitrogens with zero attached hydrogens (tertiary/aromatic N) is 5. The minimum atomic E-state index is -0.499. The standard InChI is InChI=1S/C33H26N6O7S3/c1-16-11-19(14-24(17(16)2)38(43)44)34-32-36-29(40)28(47-32)13-18-7-10-26(25(12-18)39(45)46)48-33-35-23-9-8-20(15-27(23)49-33)37-30(41)21-5-3-4-6-22(21)31(37)42/h7-15,21-22H,3-6H2,1-2H3,(H,34,36,40)/b28-13-/t21-,22-/m1/s1. The number of thiazole rings is 1. The van der Waals surface area contributed by atoms with Crippen LogP contribution in [0.4, 0.5) is 22.7 Å². The van der Waals surface area contributed by atoms with E-state index < -0.39 is 15.8 Å². The third kappa shape index (κ3) is 6.22. The molecule has 2 atom stereocenters. The van der Waals surface area contributed by atoms with Crippen molar-refractivity contribution in [1.82, 2.24) is 10.3 Å². The zero-order valence-corrected chi connectivity index (χ0v) is 28.4. The fraction of sp³-hybridized carbons (Fsp3) is 0.242. The summed E-state index contributed by atoms with van der Waals surface area (Å²) in [6.45, 7) is 3.40. The van der Waals surface area contributed by atoms with Crippen LogP contribution in [0.3, 0.4) is 0 Å². The zero-order chi connectivity index (χ0) is 34.6. The average molecular weight is 715 g/mol. The highest BCUT2D eigenvalue weighted by atomic mass is 32.2. The maximum atomic E-state index is 13.1. The van der Waals surface area contributed by atoms with E-state index in [2.05, 4.69) is 15.3 Å². The first kappa shape index (κ1) is 32.6. The number of carbonyl (C=O) groups excluding carboxylic acids is 3. The summed E-state index contributed by atoms with van der Waals surface area (Å²) in [4.78, 5) is 72.4. The van der Waals surface area contributed by atoms with Crippen molar-refractivity contribution in [3.05, 3.63) is 90.4 Å². The number of aliphatic imine (C=N–C) groups is 1. The van der Waals surface area contributed by atoms with E-state index in [1.807, 2.05) is 0 Å². The molecule has 248 valence electrons. The number of carbonyl (C=O) groups is 3. The molecule has 1 aromatic heterocycles. The van der Waals surface area contributed by atoms with Gasteiger partial charge in [-0.1, -0.05) is 30.7 Å². The number of benzene rings is 3. The van der Waals surface area contributed by atoms with Crippen LogP contribution >= 0.6 is 34.9 Å². The van der Waals surface area contributed by atoms with Crippen molar-refractivity contribution in [2.24, 2.45) is 16.8 Å². The van der Waals surface area contributed by atoms with Crippen LogP contribution in [-0.4, -0.2) is 37.7 Å². The molecule has 1 aliphatic carbocycles. The van der Waals surface area contributed by atoms with Crippen LogP contribution in [0.2, 0.25) is 0 Å². The molecule has 7 rings (SSSR count). The van der Waals surface area contributed by atoms with Crippen molar-refractivity contribution in [3.8, 4) is 0 Å². The van der Waals surface area contributed by atoms with E-state index in [-0.39, 0.29) is 45.1 Å². The first-order valence-electron chi connectivity index (χ1n) is 15.3. The zero-order valence-electron chi connectivity index (χ0n) is 26.0. The molecule has 2 saturated heterocycles. The number of hydrogen-bond acceptors (Lipinski definition) is 12. The number of amides is 3. The van der Waals surface area contributed by atoms with Gasteiger partial charge < -0.3 is 5.32 Å². The van der Waals surface area contributed by atoms with Gasteiger partial charge in [0.05, 0.1) is 53.1 Å². The first-order valence-corrected chi connectivity index (χ1v) is 17.7. The predicted molar refractivity (Wildman–Crippen MR) is 188 cm³/mol. The number of aryl methyl sites for hydroxylation is 1. The van der Waals surface area contributed by atoms with Gasteiger partial charge >= 0.3 is 0 Å². The monoisotopic (exact) mass is 714 g/mol. The number of aromatic nitrogens is 1. The van der Waals surface area contributed by atoms with Crippen molar-refractivity contribution >= 4 is 96.8 Å². The minimum absolute atomic E-state index is 0.0717. The van der Waals surface area contributed by atoms with E-state index in [9.17, 15) is 34.6 Å². The van der Waals surface area contributed by atoms with Gasteiger partial charge in [-0.2, -0.15) is 0 Å². The van der Waals surface area contributed by atoms with Gasteiger partial charge in [-0.25, -0.2) is 9.98 Å². The molecular weight excluding hydrogens is 689 g/mol. The highest BCUT2D eigenvalue weighted by molar-refractivity contribution is 8.18. The lowest BCUT2D eigenvalue weighted by molar-refractivity contribution is -0.387. The molecular formula is C33H26N6O7S3. The van der Waals surface area contributed by atoms with Crippen LogP contribution in [0.15, 0.2) is 67.7 Å². The summed E-state index contributed by atoms with van der Waals surface area (Å²) in [7, 11) is 0. The molecule has 3 aromatic carbocycles. The van der Waals surface area contributed by atoms with Gasteiger partial charge in [0.25, 0.3) is 17.3 Å². The molecule has 0 radical (unpaired) electrons. The molecule has 16 heteroatoms. The lowest BCUT2D eigenvalue weighted by Gasteiger charge is -2.19. The topological polar surface area (TPSA) is 178 Å². The van der Waals surface area contributed by atoms with E-state index in [0.29, 0.717) is 42.8 Å². The Hall–Kier alpha value is -4.93. The van der Waals surface area contributed by atoms with Gasteiger partial charge in [0.15, 0.2) is 9.51 Å². The summed E-state index contributed by atoms with van der Waals surface area (Å²) in [6, 6.07) is 12.9. The number of fused-ring (bicyclic) bond motifs is 2. The third-order valence-corrected chi connectivity index (χ3v) is 11.9. The first-order chi connectivity index (χ1) is 23.5. The minimum Gasteiger partial charge on any atom is -0.300 e. The van der Waals surface area contributed by atoms with E-state index in [4.69, 9.17) is 0 Å². The van der Waals surface area contributed by atoms with Crippen LogP contribution in [-0.2, 0) is 14.4 Å². The number of anilines is 1. The van der Waals surface area contributed by atoms with Gasteiger partial charge in [-0.15, -0.1) is 11.3 Å². The molecule has 1 N–H and O–H groups in total. The number of imide groups is 1. The summed E-state index contributed by atoms with van der Waals surface area (Å²) >= 11 is 3.46. The average Bonchev–Trinajstić information content (AvgIpc) is 3.71. The number of nitrogens with one attached hydrogen (secondary N) is 1. The maximum absolute atomic E-state index is 13.1. The fourth-order valence-corrected chi connectivity index (χ4v) is 9.25. The quantitative estimate of drug-likeness (QED) is 0.0875. The molecule has 0 unspecified atom stereocenters. The number of rotatable bonds is 7. The molecule has 0 bridgehead atoms. The Morgan fingerprint density at radius 2 is 1.67 bits per heavy atom. The molecule has 3 heterocycles. The van der Waals surface area contributed by atoms with Crippen molar-refractivity contribution in [2.75, 3.05) is 4.90 Å². The largest absolute Gasteiger partial charge is 0.300 e. The number of hydrogen-bond donors (Lipinski definition) is 1. The van der Waals surface area contributed by atoms with Crippen LogP contribution in [0.5, 0.6) is 0 Å². The molecule has 49 heavy (non-hydrogen) atoms. The van der Waals surface area contributed by atoms with Gasteiger partial charge in [0.1, 0.15) is 0 Å². The summed E-state index contributed by atoms with van der Waals surface area (Å²) in [6.07, 6.45) is 4.87. The number of thioether (sulfide) groups is 1. The Bertz CT molecular complexity index is 2170.